The summed E-state index contributed by atoms with van der Waals surface area (Å²) in [5.41, 5.74) is 0.742. The van der Waals surface area contributed by atoms with E-state index in [1.54, 1.807) is 6.92 Å². The van der Waals surface area contributed by atoms with Crippen LogP contribution in [0.25, 0.3) is 11.0 Å². The normalized spacial score (nSPS) is 13.5. The Bertz CT molecular complexity index is 728. The second-order valence-electron chi connectivity index (χ2n) is 5.92. The number of rotatable bonds is 6. The minimum absolute atomic E-state index is 0.00518. The van der Waals surface area contributed by atoms with E-state index in [1.807, 2.05) is 44.2 Å². The quantitative estimate of drug-likeness (QED) is 0.886. The Balaban J connectivity index is 2.02. The van der Waals surface area contributed by atoms with Crippen molar-refractivity contribution >= 4 is 26.7 Å². The summed E-state index contributed by atoms with van der Waals surface area (Å²) in [5.74, 6) is -0.371. The molecule has 0 spiro atoms. The number of furan rings is 1. The lowest BCUT2D eigenvalue weighted by Gasteiger charge is -2.12. The Kier molecular flexibility index (Phi) is 4.90. The van der Waals surface area contributed by atoms with E-state index in [-0.39, 0.29) is 17.7 Å². The van der Waals surface area contributed by atoms with Gasteiger partial charge >= 0.3 is 0 Å². The van der Waals surface area contributed by atoms with E-state index in [2.05, 4.69) is 5.32 Å². The van der Waals surface area contributed by atoms with Crippen LogP contribution in [-0.2, 0) is 14.6 Å². The van der Waals surface area contributed by atoms with Crippen LogP contribution < -0.4 is 5.32 Å². The Morgan fingerprint density at radius 2 is 1.91 bits per heavy atom. The fraction of sp³-hybridized carbons (Fsp3) is 0.438. The number of hydrogen-bond donors (Lipinski definition) is 1. The Morgan fingerprint density at radius 1 is 1.23 bits per heavy atom. The van der Waals surface area contributed by atoms with Crippen molar-refractivity contribution in [3.05, 3.63) is 36.1 Å². The summed E-state index contributed by atoms with van der Waals surface area (Å²) >= 11 is 0. The molecule has 5 nitrogen and oxygen atoms in total. The maximum absolute atomic E-state index is 11.9. The minimum Gasteiger partial charge on any atom is -0.459 e. The van der Waals surface area contributed by atoms with E-state index in [4.69, 9.17) is 4.42 Å². The molecule has 1 aromatic carbocycles. The van der Waals surface area contributed by atoms with Gasteiger partial charge in [-0.2, -0.15) is 0 Å². The molecule has 0 saturated heterocycles. The van der Waals surface area contributed by atoms with Crippen molar-refractivity contribution in [2.45, 2.75) is 26.8 Å². The number of benzene rings is 1. The molecule has 0 saturated carbocycles. The number of sulfone groups is 1. The lowest BCUT2D eigenvalue weighted by Crippen LogP contribution is -2.33. The van der Waals surface area contributed by atoms with Crippen LogP contribution >= 0.6 is 0 Å². The summed E-state index contributed by atoms with van der Waals surface area (Å²) in [6, 6.07) is 9.02. The molecule has 120 valence electrons. The van der Waals surface area contributed by atoms with E-state index in [1.165, 1.54) is 0 Å². The average molecular weight is 323 g/mol. The van der Waals surface area contributed by atoms with Crippen molar-refractivity contribution < 1.29 is 17.6 Å². The lowest BCUT2D eigenvalue weighted by molar-refractivity contribution is -0.119. The number of carbonyl (C=O) groups is 1. The van der Waals surface area contributed by atoms with Crippen LogP contribution in [0.15, 0.2) is 34.7 Å². The number of para-hydroxylation sites is 1. The van der Waals surface area contributed by atoms with Gasteiger partial charge in [0.2, 0.25) is 5.91 Å². The number of fused-ring (bicyclic) bond motifs is 1. The van der Waals surface area contributed by atoms with Crippen LogP contribution in [0.3, 0.4) is 0 Å². The molecule has 0 aliphatic carbocycles. The number of hydrogen-bond acceptors (Lipinski definition) is 4. The molecule has 6 heteroatoms. The molecule has 1 heterocycles. The maximum atomic E-state index is 11.9. The first-order valence-corrected chi connectivity index (χ1v) is 9.07. The Labute approximate surface area is 130 Å². The first-order valence-electron chi connectivity index (χ1n) is 7.25. The first-order chi connectivity index (χ1) is 10.3. The van der Waals surface area contributed by atoms with E-state index in [0.29, 0.717) is 5.76 Å². The van der Waals surface area contributed by atoms with Gasteiger partial charge in [0, 0.05) is 5.39 Å². The van der Waals surface area contributed by atoms with Gasteiger partial charge in [-0.15, -0.1) is 0 Å². The van der Waals surface area contributed by atoms with E-state index in [0.717, 1.165) is 11.0 Å². The molecule has 0 unspecified atom stereocenters. The smallest absolute Gasteiger partial charge is 0.235 e. The highest BCUT2D eigenvalue weighted by atomic mass is 32.2. The lowest BCUT2D eigenvalue weighted by atomic mass is 10.2. The molecule has 0 radical (unpaired) electrons. The summed E-state index contributed by atoms with van der Waals surface area (Å²) < 4.78 is 29.3. The predicted molar refractivity (Wildman–Crippen MR) is 86.3 cm³/mol. The zero-order valence-corrected chi connectivity index (χ0v) is 13.8. The Hall–Kier alpha value is -1.82. The molecular weight excluding hydrogens is 302 g/mol. The summed E-state index contributed by atoms with van der Waals surface area (Å²) in [6.45, 7) is 5.39. The molecular formula is C16H21NO4S. The van der Waals surface area contributed by atoms with Crippen LogP contribution in [0.5, 0.6) is 0 Å². The largest absolute Gasteiger partial charge is 0.459 e. The van der Waals surface area contributed by atoms with E-state index >= 15 is 0 Å². The van der Waals surface area contributed by atoms with Crippen molar-refractivity contribution in [1.82, 2.24) is 5.32 Å². The van der Waals surface area contributed by atoms with Gasteiger partial charge in [-0.25, -0.2) is 8.42 Å². The van der Waals surface area contributed by atoms with E-state index < -0.39 is 21.5 Å². The second kappa shape index (κ2) is 6.52. The van der Waals surface area contributed by atoms with Crippen molar-refractivity contribution in [2.75, 3.05) is 11.5 Å². The maximum Gasteiger partial charge on any atom is 0.235 e. The molecule has 1 aromatic heterocycles. The van der Waals surface area contributed by atoms with Gasteiger partial charge in [-0.05, 0) is 25.0 Å². The molecule has 0 bridgehead atoms. The average Bonchev–Trinajstić information content (AvgIpc) is 2.79. The summed E-state index contributed by atoms with van der Waals surface area (Å²) in [7, 11) is -3.38. The summed E-state index contributed by atoms with van der Waals surface area (Å²) in [6.07, 6.45) is 0. The van der Waals surface area contributed by atoms with Crippen molar-refractivity contribution in [3.8, 4) is 0 Å². The highest BCUT2D eigenvalue weighted by Gasteiger charge is 2.21. The SMILES string of the molecule is CC(C)CS(=O)(=O)CC(=O)N[C@@H](C)c1cc2ccccc2o1. The van der Waals surface area contributed by atoms with Crippen LogP contribution in [0.1, 0.15) is 32.6 Å². The zero-order valence-electron chi connectivity index (χ0n) is 13.0. The highest BCUT2D eigenvalue weighted by molar-refractivity contribution is 7.92. The van der Waals surface area contributed by atoms with Crippen LogP contribution in [-0.4, -0.2) is 25.8 Å². The van der Waals surface area contributed by atoms with Crippen molar-refractivity contribution in [1.29, 1.82) is 0 Å². The number of carbonyl (C=O) groups excluding carboxylic acids is 1. The third kappa shape index (κ3) is 4.34. The fourth-order valence-electron chi connectivity index (χ4n) is 2.34. The third-order valence-electron chi connectivity index (χ3n) is 3.19. The number of amides is 1. The topological polar surface area (TPSA) is 76.4 Å². The molecule has 1 atom stereocenters. The monoisotopic (exact) mass is 323 g/mol. The molecule has 0 aliphatic heterocycles. The second-order valence-corrected chi connectivity index (χ2v) is 8.03. The first kappa shape index (κ1) is 16.5. The Morgan fingerprint density at radius 3 is 2.55 bits per heavy atom. The summed E-state index contributed by atoms with van der Waals surface area (Å²) in [5, 5.41) is 3.62. The minimum atomic E-state index is -3.38. The van der Waals surface area contributed by atoms with Gasteiger partial charge in [-0.3, -0.25) is 4.79 Å². The molecule has 0 fully saturated rings. The number of nitrogens with one attached hydrogen (secondary N) is 1. The van der Waals surface area contributed by atoms with Crippen LogP contribution in [0.4, 0.5) is 0 Å². The fourth-order valence-corrected chi connectivity index (χ4v) is 3.95. The molecule has 22 heavy (non-hydrogen) atoms. The molecule has 2 aromatic rings. The van der Waals surface area contributed by atoms with Crippen molar-refractivity contribution in [3.63, 3.8) is 0 Å². The van der Waals surface area contributed by atoms with Gasteiger partial charge in [0.1, 0.15) is 17.1 Å². The van der Waals surface area contributed by atoms with Crippen molar-refractivity contribution in [2.24, 2.45) is 5.92 Å². The molecule has 1 N–H and O–H groups in total. The molecule has 2 rings (SSSR count). The van der Waals surface area contributed by atoms with Crippen LogP contribution in [0, 0.1) is 5.92 Å². The van der Waals surface area contributed by atoms with Gasteiger partial charge in [0.25, 0.3) is 0 Å². The van der Waals surface area contributed by atoms with Crippen LogP contribution in [0.2, 0.25) is 0 Å². The van der Waals surface area contributed by atoms with Gasteiger partial charge in [0.15, 0.2) is 9.84 Å². The standard InChI is InChI=1S/C16H21NO4S/c1-11(2)9-22(19,20)10-16(18)17-12(3)15-8-13-6-4-5-7-14(13)21-15/h4-8,11-12H,9-10H2,1-3H3,(H,17,18)/t12-/m0/s1. The molecule has 1 amide bonds. The zero-order chi connectivity index (χ0) is 16.3. The van der Waals surface area contributed by atoms with Gasteiger partial charge in [-0.1, -0.05) is 32.0 Å². The third-order valence-corrected chi connectivity index (χ3v) is 5.06. The van der Waals surface area contributed by atoms with E-state index in [9.17, 15) is 13.2 Å². The van der Waals surface area contributed by atoms with Gasteiger partial charge in [0.05, 0.1) is 11.8 Å². The highest BCUT2D eigenvalue weighted by Crippen LogP contribution is 2.23. The predicted octanol–water partition coefficient (Wildman–Crippen LogP) is 2.68. The molecule has 0 aliphatic rings. The van der Waals surface area contributed by atoms with Gasteiger partial charge < -0.3 is 9.73 Å². The summed E-state index contributed by atoms with van der Waals surface area (Å²) in [4.78, 5) is 11.9.